The van der Waals surface area contributed by atoms with Crippen LogP contribution in [0.3, 0.4) is 0 Å². The van der Waals surface area contributed by atoms with Crippen molar-refractivity contribution in [1.82, 2.24) is 24.9 Å². The molecule has 62 heavy (non-hydrogen) atoms. The molecule has 0 saturated heterocycles. The van der Waals surface area contributed by atoms with Crippen molar-refractivity contribution < 1.29 is 14.3 Å². The number of carbonyl (C=O) groups excluding carboxylic acids is 2. The number of rotatable bonds is 14. The fourth-order valence-electron chi connectivity index (χ4n) is 7.66. The highest BCUT2D eigenvalue weighted by molar-refractivity contribution is 6.08. The summed E-state index contributed by atoms with van der Waals surface area (Å²) in [6.07, 6.45) is 5.39. The van der Waals surface area contributed by atoms with Crippen LogP contribution >= 0.6 is 0 Å². The SMILES string of the molecule is COCCNc1ccc(-c2cccc(C(C)C(=O)N(c3ccc(-c4ccnc(C)c4)cc3)C(C(=O)Nc3ccc(-c4ccnc(C)c4)cc3)c3ccc4nc(C)[nH]c4c3)c2)cn1. The van der Waals surface area contributed by atoms with Crippen LogP contribution in [0.25, 0.3) is 44.4 Å². The predicted octanol–water partition coefficient (Wildman–Crippen LogP) is 10.2. The molecule has 0 fully saturated rings. The third-order valence-corrected chi connectivity index (χ3v) is 10.9. The molecular formula is C51H48N8O3. The molecule has 8 aromatic rings. The molecular weight excluding hydrogens is 773 g/mol. The molecule has 0 radical (unpaired) electrons. The van der Waals surface area contributed by atoms with Crippen LogP contribution in [0.4, 0.5) is 17.2 Å². The number of nitrogens with one attached hydrogen (secondary N) is 3. The maximum Gasteiger partial charge on any atom is 0.252 e. The van der Waals surface area contributed by atoms with Gasteiger partial charge in [0.25, 0.3) is 5.91 Å². The quantitative estimate of drug-likeness (QED) is 0.0922. The molecule has 0 aliphatic heterocycles. The van der Waals surface area contributed by atoms with E-state index in [0.717, 1.165) is 73.0 Å². The first-order chi connectivity index (χ1) is 30.1. The summed E-state index contributed by atoms with van der Waals surface area (Å²) in [4.78, 5) is 53.3. The van der Waals surface area contributed by atoms with Crippen molar-refractivity contribution >= 4 is 40.0 Å². The molecule has 0 saturated carbocycles. The summed E-state index contributed by atoms with van der Waals surface area (Å²) in [6.45, 7) is 8.91. The van der Waals surface area contributed by atoms with E-state index in [9.17, 15) is 0 Å². The molecule has 2 atom stereocenters. The van der Waals surface area contributed by atoms with Crippen LogP contribution in [0.5, 0.6) is 0 Å². The van der Waals surface area contributed by atoms with Crippen LogP contribution in [-0.4, -0.2) is 57.0 Å². The number of aryl methyl sites for hydroxylation is 3. The van der Waals surface area contributed by atoms with E-state index in [2.05, 4.69) is 35.6 Å². The van der Waals surface area contributed by atoms with Gasteiger partial charge in [-0.25, -0.2) is 9.97 Å². The van der Waals surface area contributed by atoms with E-state index in [-0.39, 0.29) is 11.8 Å². The number of imidazole rings is 1. The Bertz CT molecular complexity index is 2840. The second-order valence-electron chi connectivity index (χ2n) is 15.4. The third-order valence-electron chi connectivity index (χ3n) is 10.9. The van der Waals surface area contributed by atoms with Crippen LogP contribution in [-0.2, 0) is 14.3 Å². The lowest BCUT2D eigenvalue weighted by molar-refractivity contribution is -0.124. The summed E-state index contributed by atoms with van der Waals surface area (Å²) in [7, 11) is 1.66. The molecule has 0 aliphatic rings. The zero-order valence-corrected chi connectivity index (χ0v) is 35.4. The Balaban J connectivity index is 1.19. The number of aromatic nitrogens is 5. The first-order valence-corrected chi connectivity index (χ1v) is 20.6. The molecule has 4 aromatic heterocycles. The van der Waals surface area contributed by atoms with E-state index in [4.69, 9.17) is 4.74 Å². The first kappa shape index (κ1) is 41.2. The number of benzene rings is 4. The van der Waals surface area contributed by atoms with Crippen molar-refractivity contribution in [2.45, 2.75) is 39.7 Å². The molecule has 3 N–H and O–H groups in total. The van der Waals surface area contributed by atoms with Gasteiger partial charge in [-0.3, -0.25) is 24.5 Å². The minimum Gasteiger partial charge on any atom is -0.383 e. The zero-order chi connectivity index (χ0) is 43.2. The summed E-state index contributed by atoms with van der Waals surface area (Å²) in [5, 5.41) is 6.42. The number of hydrogen-bond acceptors (Lipinski definition) is 8. The highest BCUT2D eigenvalue weighted by Gasteiger charge is 2.36. The molecule has 310 valence electrons. The van der Waals surface area contributed by atoms with Crippen molar-refractivity contribution in [3.8, 4) is 33.4 Å². The lowest BCUT2D eigenvalue weighted by Gasteiger charge is -2.34. The van der Waals surface area contributed by atoms with Crippen molar-refractivity contribution in [1.29, 1.82) is 0 Å². The molecule has 8 rings (SSSR count). The molecule has 4 heterocycles. The van der Waals surface area contributed by atoms with Gasteiger partial charge in [-0.05, 0) is 139 Å². The van der Waals surface area contributed by atoms with Crippen LogP contribution in [0, 0.1) is 20.8 Å². The molecule has 4 aromatic carbocycles. The number of methoxy groups -OCH3 is 1. The van der Waals surface area contributed by atoms with Crippen molar-refractivity contribution in [3.63, 3.8) is 0 Å². The van der Waals surface area contributed by atoms with Gasteiger partial charge >= 0.3 is 0 Å². The fraction of sp³-hybridized carbons (Fsp3) is 0.176. The Morgan fingerprint density at radius 1 is 0.694 bits per heavy atom. The lowest BCUT2D eigenvalue weighted by Crippen LogP contribution is -2.43. The van der Waals surface area contributed by atoms with E-state index in [1.54, 1.807) is 24.4 Å². The second kappa shape index (κ2) is 18.4. The van der Waals surface area contributed by atoms with E-state index in [1.165, 1.54) is 0 Å². The van der Waals surface area contributed by atoms with Gasteiger partial charge in [0.1, 0.15) is 17.7 Å². The monoisotopic (exact) mass is 820 g/mol. The van der Waals surface area contributed by atoms with Gasteiger partial charge in [0.15, 0.2) is 0 Å². The minimum atomic E-state index is -1.08. The average molecular weight is 821 g/mol. The molecule has 0 bridgehead atoms. The van der Waals surface area contributed by atoms with E-state index in [1.807, 2.05) is 161 Å². The predicted molar refractivity (Wildman–Crippen MR) is 247 cm³/mol. The summed E-state index contributed by atoms with van der Waals surface area (Å²) < 4.78 is 5.15. The van der Waals surface area contributed by atoms with Gasteiger partial charge in [-0.15, -0.1) is 0 Å². The van der Waals surface area contributed by atoms with Gasteiger partial charge in [0.05, 0.1) is 23.6 Å². The average Bonchev–Trinajstić information content (AvgIpc) is 3.67. The topological polar surface area (TPSA) is 138 Å². The van der Waals surface area contributed by atoms with Crippen molar-refractivity contribution in [3.05, 3.63) is 174 Å². The standard InChI is InChI=1S/C51H48N8O3/c1-32-27-40(21-23-52-32)36-9-15-44(16-10-36)58-50(60)49(42-13-19-46-47(30-42)57-35(4)56-46)59(45-17-11-37(12-18-45)41-22-24-53-33(2)28-41)51(61)34(3)38-7-6-8-39(29-38)43-14-20-48(55-31-43)54-25-26-62-5/h6-24,27-31,34,49H,25-26H2,1-5H3,(H,54,55)(H,56,57)(H,58,60). The summed E-state index contributed by atoms with van der Waals surface area (Å²) in [6, 6.07) is 39.9. The largest absolute Gasteiger partial charge is 0.383 e. The number of nitrogens with zero attached hydrogens (tertiary/aromatic N) is 5. The molecule has 0 aliphatic carbocycles. The van der Waals surface area contributed by atoms with E-state index in [0.29, 0.717) is 30.1 Å². The molecule has 2 amide bonds. The van der Waals surface area contributed by atoms with Gasteiger partial charge in [-0.1, -0.05) is 54.6 Å². The van der Waals surface area contributed by atoms with Crippen LogP contribution in [0.2, 0.25) is 0 Å². The highest BCUT2D eigenvalue weighted by atomic mass is 16.5. The van der Waals surface area contributed by atoms with E-state index < -0.39 is 12.0 Å². The Kier molecular flexibility index (Phi) is 12.2. The van der Waals surface area contributed by atoms with Crippen molar-refractivity contribution in [2.75, 3.05) is 35.8 Å². The maximum atomic E-state index is 15.4. The van der Waals surface area contributed by atoms with Crippen LogP contribution in [0.15, 0.2) is 146 Å². The number of aromatic amines is 1. The van der Waals surface area contributed by atoms with Gasteiger partial charge in [-0.2, -0.15) is 0 Å². The number of fused-ring (bicyclic) bond motifs is 1. The van der Waals surface area contributed by atoms with Crippen LogP contribution in [0.1, 0.15) is 47.2 Å². The number of amides is 2. The smallest absolute Gasteiger partial charge is 0.252 e. The molecule has 0 spiro atoms. The van der Waals surface area contributed by atoms with Gasteiger partial charge < -0.3 is 20.4 Å². The number of ether oxygens (including phenoxy) is 1. The summed E-state index contributed by atoms with van der Waals surface area (Å²) in [5.41, 5.74) is 11.7. The van der Waals surface area contributed by atoms with Gasteiger partial charge in [0.2, 0.25) is 5.91 Å². The Morgan fingerprint density at radius 2 is 1.35 bits per heavy atom. The normalized spacial score (nSPS) is 12.1. The Hall–Kier alpha value is -7.50. The molecule has 11 heteroatoms. The number of carbonyl (C=O) groups is 2. The number of anilines is 3. The molecule has 11 nitrogen and oxygen atoms in total. The summed E-state index contributed by atoms with van der Waals surface area (Å²) >= 11 is 0. The Labute approximate surface area is 361 Å². The molecule has 2 unspecified atom stereocenters. The minimum absolute atomic E-state index is 0.255. The zero-order valence-electron chi connectivity index (χ0n) is 35.4. The maximum absolute atomic E-state index is 15.4. The number of pyridine rings is 3. The highest BCUT2D eigenvalue weighted by Crippen LogP contribution is 2.36. The third kappa shape index (κ3) is 9.28. The van der Waals surface area contributed by atoms with E-state index >= 15 is 9.59 Å². The van der Waals surface area contributed by atoms with Crippen molar-refractivity contribution in [2.24, 2.45) is 0 Å². The first-order valence-electron chi connectivity index (χ1n) is 20.6. The Morgan fingerprint density at radius 3 is 2.00 bits per heavy atom. The number of hydrogen-bond donors (Lipinski definition) is 3. The van der Waals surface area contributed by atoms with Gasteiger partial charge in [0, 0.05) is 60.6 Å². The van der Waals surface area contributed by atoms with Crippen LogP contribution < -0.4 is 15.5 Å². The lowest BCUT2D eigenvalue weighted by atomic mass is 9.93. The second-order valence-corrected chi connectivity index (χ2v) is 15.4. The fourth-order valence-corrected chi connectivity index (χ4v) is 7.66. The summed E-state index contributed by atoms with van der Waals surface area (Å²) in [5.74, 6) is 0.213. The number of H-pyrrole nitrogens is 1.